The minimum absolute atomic E-state index is 0.220. The van der Waals surface area contributed by atoms with E-state index in [4.69, 9.17) is 0 Å². The van der Waals surface area contributed by atoms with Crippen LogP contribution in [0.4, 0.5) is 5.13 Å². The van der Waals surface area contributed by atoms with Crippen molar-refractivity contribution in [2.45, 2.75) is 37.1 Å². The van der Waals surface area contributed by atoms with Crippen molar-refractivity contribution in [1.29, 1.82) is 0 Å². The van der Waals surface area contributed by atoms with E-state index in [1.165, 1.54) is 21.2 Å². The van der Waals surface area contributed by atoms with Gasteiger partial charge in [-0.15, -0.1) is 11.3 Å². The number of thiazole rings is 1. The van der Waals surface area contributed by atoms with Crippen LogP contribution < -0.4 is 5.32 Å². The standard InChI is InChI=1S/C22H21N3O3S2/c1-14-8-10-16(11-9-14)30(27,28)25-12-4-7-18(25)21(26)24-22-23-20-17-6-3-2-5-15(17)13-19(20)29-22/h2-3,5-6,8-11,18H,4,7,12-13H2,1H3,(H,23,24,26). The van der Waals surface area contributed by atoms with Crippen molar-refractivity contribution < 1.29 is 13.2 Å². The highest BCUT2D eigenvalue weighted by molar-refractivity contribution is 7.89. The summed E-state index contributed by atoms with van der Waals surface area (Å²) in [7, 11) is -3.72. The third-order valence-electron chi connectivity index (χ3n) is 5.68. The van der Waals surface area contributed by atoms with Crippen LogP contribution in [0.3, 0.4) is 0 Å². The first-order chi connectivity index (χ1) is 14.4. The van der Waals surface area contributed by atoms with Gasteiger partial charge in [-0.25, -0.2) is 13.4 Å². The number of anilines is 1. The first kappa shape index (κ1) is 19.4. The molecule has 1 amide bonds. The number of nitrogens with zero attached hydrogens (tertiary/aromatic N) is 2. The van der Waals surface area contributed by atoms with Crippen LogP contribution in [-0.2, 0) is 21.2 Å². The number of rotatable bonds is 4. The molecule has 0 spiro atoms. The van der Waals surface area contributed by atoms with Crippen LogP contribution in [0.5, 0.6) is 0 Å². The van der Waals surface area contributed by atoms with Gasteiger partial charge in [0.1, 0.15) is 6.04 Å². The predicted molar refractivity (Wildman–Crippen MR) is 117 cm³/mol. The Labute approximate surface area is 179 Å². The zero-order valence-corrected chi connectivity index (χ0v) is 18.1. The van der Waals surface area contributed by atoms with Crippen LogP contribution in [0.25, 0.3) is 11.3 Å². The summed E-state index contributed by atoms with van der Waals surface area (Å²) < 4.78 is 27.5. The molecule has 1 aliphatic heterocycles. The molecule has 154 valence electrons. The van der Waals surface area contributed by atoms with Crippen molar-refractivity contribution >= 4 is 32.4 Å². The first-order valence-electron chi connectivity index (χ1n) is 9.91. The fourth-order valence-electron chi connectivity index (χ4n) is 4.14. The number of nitrogens with one attached hydrogen (secondary N) is 1. The Morgan fingerprint density at radius 3 is 2.73 bits per heavy atom. The summed E-state index contributed by atoms with van der Waals surface area (Å²) in [6.07, 6.45) is 1.98. The number of sulfonamides is 1. The van der Waals surface area contributed by atoms with E-state index >= 15 is 0 Å². The molecule has 1 aliphatic carbocycles. The van der Waals surface area contributed by atoms with Crippen molar-refractivity contribution in [2.75, 3.05) is 11.9 Å². The average Bonchev–Trinajstić information content (AvgIpc) is 3.43. The Kier molecular flexibility index (Phi) is 4.72. The first-order valence-corrected chi connectivity index (χ1v) is 12.2. The van der Waals surface area contributed by atoms with Crippen LogP contribution in [0, 0.1) is 6.92 Å². The molecule has 6 nitrogen and oxygen atoms in total. The third kappa shape index (κ3) is 3.25. The van der Waals surface area contributed by atoms with Crippen LogP contribution >= 0.6 is 11.3 Å². The quantitative estimate of drug-likeness (QED) is 0.524. The highest BCUT2D eigenvalue weighted by Crippen LogP contribution is 2.41. The number of hydrogen-bond donors (Lipinski definition) is 1. The van der Waals surface area contributed by atoms with Gasteiger partial charge in [0.25, 0.3) is 0 Å². The van der Waals surface area contributed by atoms with Crippen LogP contribution in [-0.4, -0.2) is 36.2 Å². The summed E-state index contributed by atoms with van der Waals surface area (Å²) in [6, 6.07) is 14.1. The Morgan fingerprint density at radius 2 is 1.93 bits per heavy atom. The van der Waals surface area contributed by atoms with Gasteiger partial charge < -0.3 is 5.32 Å². The largest absolute Gasteiger partial charge is 0.301 e. The van der Waals surface area contributed by atoms with Crippen molar-refractivity contribution in [3.63, 3.8) is 0 Å². The van der Waals surface area contributed by atoms with Crippen molar-refractivity contribution in [2.24, 2.45) is 0 Å². The highest BCUT2D eigenvalue weighted by Gasteiger charge is 2.39. The number of aryl methyl sites for hydroxylation is 1. The molecule has 2 aliphatic rings. The van der Waals surface area contributed by atoms with Gasteiger partial charge in [-0.3, -0.25) is 4.79 Å². The molecule has 1 N–H and O–H groups in total. The molecule has 1 unspecified atom stereocenters. The molecule has 8 heteroatoms. The van der Waals surface area contributed by atoms with E-state index < -0.39 is 16.1 Å². The van der Waals surface area contributed by atoms with Crippen molar-refractivity contribution in [1.82, 2.24) is 9.29 Å². The number of amides is 1. The van der Waals surface area contributed by atoms with Gasteiger partial charge >= 0.3 is 0 Å². The van der Waals surface area contributed by atoms with E-state index in [-0.39, 0.29) is 10.8 Å². The summed E-state index contributed by atoms with van der Waals surface area (Å²) >= 11 is 1.46. The summed E-state index contributed by atoms with van der Waals surface area (Å²) in [5.41, 5.74) is 4.26. The lowest BCUT2D eigenvalue weighted by molar-refractivity contribution is -0.119. The Hall–Kier alpha value is -2.55. The zero-order valence-electron chi connectivity index (χ0n) is 16.5. The van der Waals surface area contributed by atoms with E-state index in [1.807, 2.05) is 25.1 Å². The topological polar surface area (TPSA) is 79.4 Å². The normalized spacial score (nSPS) is 18.2. The van der Waals surface area contributed by atoms with Gasteiger partial charge in [0.05, 0.1) is 10.6 Å². The number of benzene rings is 2. The molecule has 0 bridgehead atoms. The fourth-order valence-corrected chi connectivity index (χ4v) is 6.80. The number of fused-ring (bicyclic) bond motifs is 3. The summed E-state index contributed by atoms with van der Waals surface area (Å²) in [5.74, 6) is -0.316. The molecule has 30 heavy (non-hydrogen) atoms. The number of hydrogen-bond acceptors (Lipinski definition) is 5. The van der Waals surface area contributed by atoms with E-state index in [0.717, 1.165) is 28.1 Å². The highest BCUT2D eigenvalue weighted by atomic mass is 32.2. The van der Waals surface area contributed by atoms with Gasteiger partial charge in [-0.05, 0) is 37.5 Å². The number of carbonyl (C=O) groups is 1. The molecular weight excluding hydrogens is 418 g/mol. The maximum atomic E-state index is 13.1. The lowest BCUT2D eigenvalue weighted by atomic mass is 10.1. The lowest BCUT2D eigenvalue weighted by Crippen LogP contribution is -2.43. The maximum absolute atomic E-state index is 13.1. The van der Waals surface area contributed by atoms with Crippen LogP contribution in [0.15, 0.2) is 53.4 Å². The van der Waals surface area contributed by atoms with Crippen molar-refractivity contribution in [3.8, 4) is 11.3 Å². The summed E-state index contributed by atoms with van der Waals surface area (Å²) in [4.78, 5) is 18.9. The zero-order chi connectivity index (χ0) is 20.9. The predicted octanol–water partition coefficient (Wildman–Crippen LogP) is 3.81. The minimum atomic E-state index is -3.72. The van der Waals surface area contributed by atoms with Crippen LogP contribution in [0.1, 0.15) is 28.8 Å². The molecule has 1 aromatic heterocycles. The number of carbonyl (C=O) groups excluding carboxylic acids is 1. The molecule has 0 radical (unpaired) electrons. The SMILES string of the molecule is Cc1ccc(S(=O)(=O)N2CCCC2C(=O)Nc2nc3c(s2)Cc2ccccc2-3)cc1. The molecule has 0 saturated carbocycles. The van der Waals surface area contributed by atoms with Gasteiger partial charge in [0, 0.05) is 23.4 Å². The molecule has 1 atom stereocenters. The monoisotopic (exact) mass is 439 g/mol. The van der Waals surface area contributed by atoms with Gasteiger partial charge in [0.15, 0.2) is 5.13 Å². The lowest BCUT2D eigenvalue weighted by Gasteiger charge is -2.23. The smallest absolute Gasteiger partial charge is 0.244 e. The second-order valence-electron chi connectivity index (χ2n) is 7.70. The molecule has 1 saturated heterocycles. The second kappa shape index (κ2) is 7.30. The number of aromatic nitrogens is 1. The summed E-state index contributed by atoms with van der Waals surface area (Å²) in [5, 5.41) is 3.40. The van der Waals surface area contributed by atoms with E-state index in [2.05, 4.69) is 16.4 Å². The minimum Gasteiger partial charge on any atom is -0.301 e. The molecule has 2 heterocycles. The Balaban J connectivity index is 1.36. The fraction of sp³-hybridized carbons (Fsp3) is 0.273. The summed E-state index contributed by atoms with van der Waals surface area (Å²) in [6.45, 7) is 2.25. The van der Waals surface area contributed by atoms with Gasteiger partial charge in [-0.1, -0.05) is 42.0 Å². The van der Waals surface area contributed by atoms with Gasteiger partial charge in [-0.2, -0.15) is 4.31 Å². The van der Waals surface area contributed by atoms with E-state index in [1.54, 1.807) is 24.3 Å². The Bertz CT molecular complexity index is 1230. The molecule has 5 rings (SSSR count). The van der Waals surface area contributed by atoms with Gasteiger partial charge in [0.2, 0.25) is 15.9 Å². The van der Waals surface area contributed by atoms with Crippen molar-refractivity contribution in [3.05, 3.63) is 64.5 Å². The van der Waals surface area contributed by atoms with E-state index in [0.29, 0.717) is 24.5 Å². The van der Waals surface area contributed by atoms with E-state index in [9.17, 15) is 13.2 Å². The maximum Gasteiger partial charge on any atom is 0.244 e. The molecular formula is C22H21N3O3S2. The third-order valence-corrected chi connectivity index (χ3v) is 8.58. The molecule has 2 aromatic carbocycles. The Morgan fingerprint density at radius 1 is 1.17 bits per heavy atom. The average molecular weight is 440 g/mol. The molecule has 3 aromatic rings. The van der Waals surface area contributed by atoms with Crippen LogP contribution in [0.2, 0.25) is 0 Å². The molecule has 1 fully saturated rings. The second-order valence-corrected chi connectivity index (χ2v) is 10.7.